The standard InChI is InChI=1S/C22H21N3O5/c1-28-10-11-30-22(27)25-20-13-18(21(26)29-2)12-19(24-20)16-7-5-15(6-8-16)17-4-3-9-23-14-17/h3-9,12-14H,10-11H2,1-2H3,(H,24,25,27). The summed E-state index contributed by atoms with van der Waals surface area (Å²) in [5.41, 5.74) is 3.51. The maximum Gasteiger partial charge on any atom is 0.412 e. The van der Waals surface area contributed by atoms with Crippen molar-refractivity contribution < 1.29 is 23.8 Å². The van der Waals surface area contributed by atoms with Crippen molar-refractivity contribution in [3.63, 3.8) is 0 Å². The van der Waals surface area contributed by atoms with Crippen LogP contribution in [0.3, 0.4) is 0 Å². The van der Waals surface area contributed by atoms with Gasteiger partial charge in [0.15, 0.2) is 0 Å². The van der Waals surface area contributed by atoms with Gasteiger partial charge in [-0.15, -0.1) is 0 Å². The van der Waals surface area contributed by atoms with Gasteiger partial charge >= 0.3 is 12.1 Å². The molecule has 2 heterocycles. The first-order valence-electron chi connectivity index (χ1n) is 9.14. The first-order valence-corrected chi connectivity index (χ1v) is 9.14. The third-order valence-corrected chi connectivity index (χ3v) is 4.17. The van der Waals surface area contributed by atoms with E-state index in [1.165, 1.54) is 20.3 Å². The van der Waals surface area contributed by atoms with Crippen LogP contribution in [0.4, 0.5) is 10.6 Å². The smallest absolute Gasteiger partial charge is 0.412 e. The lowest BCUT2D eigenvalue weighted by atomic mass is 10.0. The number of benzene rings is 1. The van der Waals surface area contributed by atoms with Crippen LogP contribution in [-0.4, -0.2) is 49.5 Å². The summed E-state index contributed by atoms with van der Waals surface area (Å²) in [4.78, 5) is 32.6. The van der Waals surface area contributed by atoms with E-state index in [-0.39, 0.29) is 24.6 Å². The van der Waals surface area contributed by atoms with Gasteiger partial charge < -0.3 is 14.2 Å². The summed E-state index contributed by atoms with van der Waals surface area (Å²) < 4.78 is 14.6. The molecule has 0 bridgehead atoms. The van der Waals surface area contributed by atoms with Crippen molar-refractivity contribution in [2.24, 2.45) is 0 Å². The topological polar surface area (TPSA) is 99.6 Å². The number of aromatic nitrogens is 2. The molecule has 0 atom stereocenters. The number of methoxy groups -OCH3 is 2. The second kappa shape index (κ2) is 10.1. The molecule has 3 aromatic rings. The average Bonchev–Trinajstić information content (AvgIpc) is 2.79. The maximum atomic E-state index is 12.1. The zero-order chi connectivity index (χ0) is 21.3. The van der Waals surface area contributed by atoms with Crippen molar-refractivity contribution >= 4 is 17.9 Å². The molecule has 0 unspecified atom stereocenters. The lowest BCUT2D eigenvalue weighted by molar-refractivity contribution is 0.0600. The molecule has 154 valence electrons. The maximum absolute atomic E-state index is 12.1. The lowest BCUT2D eigenvalue weighted by Gasteiger charge is -2.10. The minimum absolute atomic E-state index is 0.0989. The van der Waals surface area contributed by atoms with E-state index in [1.54, 1.807) is 18.5 Å². The molecule has 1 aromatic carbocycles. The van der Waals surface area contributed by atoms with Crippen molar-refractivity contribution in [2.75, 3.05) is 32.8 Å². The minimum atomic E-state index is -0.695. The molecule has 2 aromatic heterocycles. The monoisotopic (exact) mass is 407 g/mol. The normalized spacial score (nSPS) is 10.3. The number of hydrogen-bond donors (Lipinski definition) is 1. The van der Waals surface area contributed by atoms with Gasteiger partial charge in [-0.2, -0.15) is 0 Å². The summed E-state index contributed by atoms with van der Waals surface area (Å²) in [5, 5.41) is 2.52. The Morgan fingerprint density at radius 3 is 2.40 bits per heavy atom. The molecule has 0 radical (unpaired) electrons. The van der Waals surface area contributed by atoms with Crippen LogP contribution >= 0.6 is 0 Å². The number of rotatable bonds is 7. The van der Waals surface area contributed by atoms with E-state index < -0.39 is 12.1 Å². The molecule has 0 saturated heterocycles. The Bertz CT molecular complexity index is 1010. The van der Waals surface area contributed by atoms with Gasteiger partial charge in [-0.3, -0.25) is 10.3 Å². The summed E-state index contributed by atoms with van der Waals surface area (Å²) >= 11 is 0. The zero-order valence-corrected chi connectivity index (χ0v) is 16.6. The Kier molecular flexibility index (Phi) is 7.07. The molecule has 30 heavy (non-hydrogen) atoms. The third-order valence-electron chi connectivity index (χ3n) is 4.17. The molecule has 1 amide bonds. The predicted molar refractivity (Wildman–Crippen MR) is 111 cm³/mol. The van der Waals surface area contributed by atoms with E-state index >= 15 is 0 Å². The molecule has 0 aliphatic heterocycles. The Morgan fingerprint density at radius 2 is 1.73 bits per heavy atom. The fourth-order valence-electron chi connectivity index (χ4n) is 2.70. The van der Waals surface area contributed by atoms with Gasteiger partial charge in [0.05, 0.1) is 25.0 Å². The minimum Gasteiger partial charge on any atom is -0.465 e. The van der Waals surface area contributed by atoms with E-state index in [2.05, 4.69) is 15.3 Å². The molecule has 0 fully saturated rings. The number of hydrogen-bond acceptors (Lipinski definition) is 7. The van der Waals surface area contributed by atoms with Crippen molar-refractivity contribution in [3.05, 3.63) is 66.5 Å². The summed E-state index contributed by atoms with van der Waals surface area (Å²) in [6.07, 6.45) is 2.80. The van der Waals surface area contributed by atoms with Gasteiger partial charge in [0.25, 0.3) is 0 Å². The first-order chi connectivity index (χ1) is 14.6. The van der Waals surface area contributed by atoms with Crippen molar-refractivity contribution in [1.82, 2.24) is 9.97 Å². The highest BCUT2D eigenvalue weighted by Gasteiger charge is 2.14. The molecule has 0 spiro atoms. The van der Waals surface area contributed by atoms with Gasteiger partial charge in [-0.05, 0) is 29.3 Å². The zero-order valence-electron chi connectivity index (χ0n) is 16.6. The average molecular weight is 407 g/mol. The molecular weight excluding hydrogens is 386 g/mol. The highest BCUT2D eigenvalue weighted by molar-refractivity contribution is 5.93. The van der Waals surface area contributed by atoms with E-state index in [9.17, 15) is 9.59 Å². The quantitative estimate of drug-likeness (QED) is 0.470. The van der Waals surface area contributed by atoms with E-state index in [4.69, 9.17) is 14.2 Å². The number of ether oxygens (including phenoxy) is 3. The highest BCUT2D eigenvalue weighted by Crippen LogP contribution is 2.25. The second-order valence-corrected chi connectivity index (χ2v) is 6.19. The summed E-state index contributed by atoms with van der Waals surface area (Å²) in [6.45, 7) is 0.374. The Labute approximate surface area is 173 Å². The highest BCUT2D eigenvalue weighted by atomic mass is 16.6. The first kappa shape index (κ1) is 20.9. The lowest BCUT2D eigenvalue weighted by Crippen LogP contribution is -2.17. The summed E-state index contributed by atoms with van der Waals surface area (Å²) in [6, 6.07) is 14.5. The van der Waals surface area contributed by atoms with Gasteiger partial charge in [-0.1, -0.05) is 30.3 Å². The van der Waals surface area contributed by atoms with Gasteiger partial charge in [0.1, 0.15) is 12.4 Å². The molecule has 0 aliphatic rings. The number of anilines is 1. The Balaban J connectivity index is 1.87. The van der Waals surface area contributed by atoms with Gasteiger partial charge in [0, 0.05) is 25.1 Å². The number of carbonyl (C=O) groups is 2. The number of nitrogens with one attached hydrogen (secondary N) is 1. The van der Waals surface area contributed by atoms with Crippen molar-refractivity contribution in [3.8, 4) is 22.4 Å². The molecule has 8 heteroatoms. The van der Waals surface area contributed by atoms with Crippen molar-refractivity contribution in [1.29, 1.82) is 0 Å². The summed E-state index contributed by atoms with van der Waals surface area (Å²) in [7, 11) is 2.80. The van der Waals surface area contributed by atoms with Crippen LogP contribution < -0.4 is 5.32 Å². The molecular formula is C22H21N3O5. The number of esters is 1. The van der Waals surface area contributed by atoms with Crippen LogP contribution in [0, 0.1) is 0 Å². The molecule has 8 nitrogen and oxygen atoms in total. The van der Waals surface area contributed by atoms with Crippen LogP contribution in [0.5, 0.6) is 0 Å². The molecule has 3 rings (SSSR count). The molecule has 1 N–H and O–H groups in total. The largest absolute Gasteiger partial charge is 0.465 e. The fourth-order valence-corrected chi connectivity index (χ4v) is 2.70. The van der Waals surface area contributed by atoms with Crippen LogP contribution in [-0.2, 0) is 14.2 Å². The van der Waals surface area contributed by atoms with Gasteiger partial charge in [-0.25, -0.2) is 14.6 Å². The van der Waals surface area contributed by atoms with E-state index in [1.807, 2.05) is 36.4 Å². The number of amides is 1. The van der Waals surface area contributed by atoms with Crippen molar-refractivity contribution in [2.45, 2.75) is 0 Å². The Morgan fingerprint density at radius 1 is 0.967 bits per heavy atom. The predicted octanol–water partition coefficient (Wildman–Crippen LogP) is 3.79. The number of carbonyl (C=O) groups excluding carboxylic acids is 2. The van der Waals surface area contributed by atoms with Crippen LogP contribution in [0.25, 0.3) is 22.4 Å². The molecule has 0 aliphatic carbocycles. The second-order valence-electron chi connectivity index (χ2n) is 6.19. The Hall–Kier alpha value is -3.78. The van der Waals surface area contributed by atoms with Crippen LogP contribution in [0.1, 0.15) is 10.4 Å². The van der Waals surface area contributed by atoms with E-state index in [0.717, 1.165) is 16.7 Å². The fraction of sp³-hybridized carbons (Fsp3) is 0.182. The van der Waals surface area contributed by atoms with E-state index in [0.29, 0.717) is 5.69 Å². The summed E-state index contributed by atoms with van der Waals surface area (Å²) in [5.74, 6) is -0.368. The number of pyridine rings is 2. The SMILES string of the molecule is COCCOC(=O)Nc1cc(C(=O)OC)cc(-c2ccc(-c3cccnc3)cc2)n1. The van der Waals surface area contributed by atoms with Crippen LogP contribution in [0.2, 0.25) is 0 Å². The number of nitrogens with zero attached hydrogens (tertiary/aromatic N) is 2. The third kappa shape index (κ3) is 5.39. The molecule has 0 saturated carbocycles. The van der Waals surface area contributed by atoms with Gasteiger partial charge in [0.2, 0.25) is 0 Å². The van der Waals surface area contributed by atoms with Crippen LogP contribution in [0.15, 0.2) is 60.9 Å².